The lowest BCUT2D eigenvalue weighted by molar-refractivity contribution is 0.0939. The van der Waals surface area contributed by atoms with Crippen LogP contribution in [-0.4, -0.2) is 18.0 Å². The van der Waals surface area contributed by atoms with Crippen LogP contribution < -0.4 is 10.1 Å². The van der Waals surface area contributed by atoms with Crippen molar-refractivity contribution in [1.82, 2.24) is 10.3 Å². The van der Waals surface area contributed by atoms with E-state index in [0.29, 0.717) is 11.5 Å². The smallest absolute Gasteiger partial charge is 0.253 e. The molecule has 23 heavy (non-hydrogen) atoms. The fourth-order valence-corrected chi connectivity index (χ4v) is 2.67. The van der Waals surface area contributed by atoms with Gasteiger partial charge in [-0.05, 0) is 60.7 Å². The van der Waals surface area contributed by atoms with Gasteiger partial charge in [0.2, 0.25) is 0 Å². The highest BCUT2D eigenvalue weighted by Gasteiger charge is 2.17. The lowest BCUT2D eigenvalue weighted by Crippen LogP contribution is -2.27. The zero-order chi connectivity index (χ0) is 17.0. The number of nitrogens with one attached hydrogen (secondary N) is 1. The molecule has 0 saturated carbocycles. The number of benzene rings is 1. The van der Waals surface area contributed by atoms with E-state index >= 15 is 0 Å². The van der Waals surface area contributed by atoms with Gasteiger partial charge in [-0.3, -0.25) is 9.78 Å². The van der Waals surface area contributed by atoms with E-state index < -0.39 is 0 Å². The summed E-state index contributed by atoms with van der Waals surface area (Å²) < 4.78 is 5.48. The van der Waals surface area contributed by atoms with Crippen molar-refractivity contribution in [2.75, 3.05) is 7.11 Å². The summed E-state index contributed by atoms with van der Waals surface area (Å²) in [5, 5.41) is 3.04. The summed E-state index contributed by atoms with van der Waals surface area (Å²) in [5.74, 6) is 1.13. The number of amides is 1. The standard InChI is InChI=1S/C19H24N2O2/c1-12(2)16-10-17(13(3)9-18(16)23-5)14(4)21-19(22)15-7-6-8-20-11-15/h6-12,14H,1-5H3,(H,21,22). The molecule has 2 rings (SSSR count). The highest BCUT2D eigenvalue weighted by atomic mass is 16.5. The molecule has 0 aliphatic carbocycles. The number of pyridine rings is 1. The lowest BCUT2D eigenvalue weighted by atomic mass is 9.93. The van der Waals surface area contributed by atoms with Gasteiger partial charge in [0, 0.05) is 12.4 Å². The Morgan fingerprint density at radius 3 is 2.52 bits per heavy atom. The second-order valence-corrected chi connectivity index (χ2v) is 6.04. The Morgan fingerprint density at radius 2 is 1.96 bits per heavy atom. The minimum Gasteiger partial charge on any atom is -0.496 e. The van der Waals surface area contributed by atoms with Crippen molar-refractivity contribution in [3.63, 3.8) is 0 Å². The number of aryl methyl sites for hydroxylation is 1. The Labute approximate surface area is 137 Å². The molecule has 0 saturated heterocycles. The molecule has 1 N–H and O–H groups in total. The van der Waals surface area contributed by atoms with Crippen LogP contribution in [0.2, 0.25) is 0 Å². The van der Waals surface area contributed by atoms with Crippen molar-refractivity contribution in [3.05, 3.63) is 58.9 Å². The summed E-state index contributed by atoms with van der Waals surface area (Å²) in [7, 11) is 1.69. The van der Waals surface area contributed by atoms with Crippen LogP contribution in [0.1, 0.15) is 59.8 Å². The fraction of sp³-hybridized carbons (Fsp3) is 0.368. The maximum atomic E-state index is 12.3. The number of carbonyl (C=O) groups is 1. The minimum absolute atomic E-state index is 0.0916. The molecule has 0 bridgehead atoms. The summed E-state index contributed by atoms with van der Waals surface area (Å²) >= 11 is 0. The molecule has 1 aromatic carbocycles. The Balaban J connectivity index is 2.27. The van der Waals surface area contributed by atoms with Gasteiger partial charge >= 0.3 is 0 Å². The first kappa shape index (κ1) is 17.0. The van der Waals surface area contributed by atoms with Crippen LogP contribution in [0.25, 0.3) is 0 Å². The number of ether oxygens (including phenoxy) is 1. The van der Waals surface area contributed by atoms with Crippen LogP contribution in [0.3, 0.4) is 0 Å². The quantitative estimate of drug-likeness (QED) is 0.907. The SMILES string of the molecule is COc1cc(C)c(C(C)NC(=O)c2cccnc2)cc1C(C)C. The maximum absolute atomic E-state index is 12.3. The van der Waals surface area contributed by atoms with Crippen molar-refractivity contribution in [3.8, 4) is 5.75 Å². The summed E-state index contributed by atoms with van der Waals surface area (Å²) in [6, 6.07) is 7.60. The fourth-order valence-electron chi connectivity index (χ4n) is 2.67. The van der Waals surface area contributed by atoms with Gasteiger partial charge in [0.05, 0.1) is 18.7 Å². The molecule has 1 heterocycles. The molecule has 1 atom stereocenters. The van der Waals surface area contributed by atoms with E-state index in [1.807, 2.05) is 19.9 Å². The second-order valence-electron chi connectivity index (χ2n) is 6.04. The molecular weight excluding hydrogens is 288 g/mol. The molecule has 1 aromatic heterocycles. The zero-order valence-corrected chi connectivity index (χ0v) is 14.4. The molecule has 1 amide bonds. The highest BCUT2D eigenvalue weighted by Crippen LogP contribution is 2.32. The number of hydrogen-bond donors (Lipinski definition) is 1. The van der Waals surface area contributed by atoms with Crippen LogP contribution in [0, 0.1) is 6.92 Å². The average Bonchev–Trinajstić information content (AvgIpc) is 2.54. The third kappa shape index (κ3) is 3.89. The van der Waals surface area contributed by atoms with Gasteiger partial charge in [-0.1, -0.05) is 13.8 Å². The Kier molecular flexibility index (Phi) is 5.37. The van der Waals surface area contributed by atoms with Crippen LogP contribution in [0.4, 0.5) is 0 Å². The van der Waals surface area contributed by atoms with Crippen molar-refractivity contribution >= 4 is 5.91 Å². The lowest BCUT2D eigenvalue weighted by Gasteiger charge is -2.21. The zero-order valence-electron chi connectivity index (χ0n) is 14.4. The number of carbonyl (C=O) groups excluding carboxylic acids is 1. The molecule has 122 valence electrons. The van der Waals surface area contributed by atoms with Gasteiger partial charge in [-0.25, -0.2) is 0 Å². The predicted octanol–water partition coefficient (Wildman–Crippen LogP) is 4.01. The van der Waals surface area contributed by atoms with E-state index in [4.69, 9.17) is 4.74 Å². The van der Waals surface area contributed by atoms with E-state index in [0.717, 1.165) is 22.4 Å². The topological polar surface area (TPSA) is 51.2 Å². The molecule has 0 aliphatic rings. The van der Waals surface area contributed by atoms with Crippen LogP contribution >= 0.6 is 0 Å². The Hall–Kier alpha value is -2.36. The number of nitrogens with zero attached hydrogens (tertiary/aromatic N) is 1. The largest absolute Gasteiger partial charge is 0.496 e. The monoisotopic (exact) mass is 312 g/mol. The summed E-state index contributed by atoms with van der Waals surface area (Å²) in [5.41, 5.74) is 3.92. The van der Waals surface area contributed by atoms with Crippen LogP contribution in [-0.2, 0) is 0 Å². The minimum atomic E-state index is -0.119. The van der Waals surface area contributed by atoms with E-state index in [2.05, 4.69) is 30.2 Å². The van der Waals surface area contributed by atoms with Crippen molar-refractivity contribution < 1.29 is 9.53 Å². The van der Waals surface area contributed by atoms with Gasteiger partial charge < -0.3 is 10.1 Å². The van der Waals surface area contributed by atoms with Gasteiger partial charge in [-0.2, -0.15) is 0 Å². The third-order valence-corrected chi connectivity index (χ3v) is 3.98. The second kappa shape index (κ2) is 7.27. The van der Waals surface area contributed by atoms with E-state index in [9.17, 15) is 4.79 Å². The summed E-state index contributed by atoms with van der Waals surface area (Å²) in [4.78, 5) is 16.3. The first-order chi connectivity index (χ1) is 10.9. The average molecular weight is 312 g/mol. The van der Waals surface area contributed by atoms with Gasteiger partial charge in [-0.15, -0.1) is 0 Å². The molecule has 0 spiro atoms. The normalized spacial score (nSPS) is 12.1. The van der Waals surface area contributed by atoms with E-state index in [1.54, 1.807) is 31.6 Å². The van der Waals surface area contributed by atoms with Gasteiger partial charge in [0.1, 0.15) is 5.75 Å². The molecule has 2 aromatic rings. The van der Waals surface area contributed by atoms with Crippen LogP contribution in [0.15, 0.2) is 36.7 Å². The third-order valence-electron chi connectivity index (χ3n) is 3.98. The first-order valence-corrected chi connectivity index (χ1v) is 7.83. The molecule has 1 unspecified atom stereocenters. The molecule has 0 aliphatic heterocycles. The summed E-state index contributed by atoms with van der Waals surface area (Å²) in [6.07, 6.45) is 3.23. The maximum Gasteiger partial charge on any atom is 0.253 e. The van der Waals surface area contributed by atoms with Crippen molar-refractivity contribution in [1.29, 1.82) is 0 Å². The predicted molar refractivity (Wildman–Crippen MR) is 91.9 cm³/mol. The number of hydrogen-bond acceptors (Lipinski definition) is 3. The number of rotatable bonds is 5. The van der Waals surface area contributed by atoms with Gasteiger partial charge in [0.25, 0.3) is 5.91 Å². The number of methoxy groups -OCH3 is 1. The highest BCUT2D eigenvalue weighted by molar-refractivity contribution is 5.94. The van der Waals surface area contributed by atoms with Crippen molar-refractivity contribution in [2.45, 2.75) is 39.7 Å². The Bertz CT molecular complexity index is 681. The molecular formula is C19H24N2O2. The van der Waals surface area contributed by atoms with E-state index in [-0.39, 0.29) is 11.9 Å². The van der Waals surface area contributed by atoms with E-state index in [1.165, 1.54) is 0 Å². The van der Waals surface area contributed by atoms with Crippen molar-refractivity contribution in [2.24, 2.45) is 0 Å². The summed E-state index contributed by atoms with van der Waals surface area (Å²) in [6.45, 7) is 8.30. The number of aromatic nitrogens is 1. The van der Waals surface area contributed by atoms with Crippen LogP contribution in [0.5, 0.6) is 5.75 Å². The first-order valence-electron chi connectivity index (χ1n) is 7.83. The molecule has 4 heteroatoms. The molecule has 4 nitrogen and oxygen atoms in total. The molecule has 0 radical (unpaired) electrons. The van der Waals surface area contributed by atoms with Gasteiger partial charge in [0.15, 0.2) is 0 Å². The molecule has 0 fully saturated rings. The Morgan fingerprint density at radius 1 is 1.22 bits per heavy atom.